The van der Waals surface area contributed by atoms with Gasteiger partial charge in [-0.15, -0.1) is 11.3 Å². The van der Waals surface area contributed by atoms with Crippen LogP contribution < -0.4 is 10.3 Å². The molecule has 2 heterocycles. The number of H-pyrrole nitrogens is 1. The maximum absolute atomic E-state index is 12.9. The van der Waals surface area contributed by atoms with Crippen LogP contribution >= 0.6 is 11.3 Å². The predicted octanol–water partition coefficient (Wildman–Crippen LogP) is 4.04. The maximum atomic E-state index is 12.9. The number of methoxy groups -OCH3 is 1. The highest BCUT2D eigenvalue weighted by atomic mass is 32.1. The van der Waals surface area contributed by atoms with E-state index in [0.717, 1.165) is 5.39 Å². The monoisotopic (exact) mass is 370 g/mol. The molecular weight excluding hydrogens is 348 g/mol. The Bertz CT molecular complexity index is 984. The molecule has 136 valence electrons. The Morgan fingerprint density at radius 3 is 2.62 bits per heavy atom. The molecule has 6 heteroatoms. The summed E-state index contributed by atoms with van der Waals surface area (Å²) in [6.45, 7) is 6.16. The SMILES string of the molecule is COc1ccc2cc(CN(C(=O)c3cccs3)C(C)(C)C)c(=O)[nH]c2c1. The van der Waals surface area contributed by atoms with Crippen LogP contribution in [0.4, 0.5) is 0 Å². The normalized spacial score (nSPS) is 11.5. The van der Waals surface area contributed by atoms with Gasteiger partial charge in [0.2, 0.25) is 0 Å². The van der Waals surface area contributed by atoms with Gasteiger partial charge in [0.1, 0.15) is 5.75 Å². The van der Waals surface area contributed by atoms with Gasteiger partial charge in [0.05, 0.1) is 24.0 Å². The fourth-order valence-electron chi connectivity index (χ4n) is 2.79. The van der Waals surface area contributed by atoms with Crippen LogP contribution in [0.15, 0.2) is 46.6 Å². The number of amides is 1. The van der Waals surface area contributed by atoms with Crippen molar-refractivity contribution >= 4 is 28.1 Å². The van der Waals surface area contributed by atoms with Gasteiger partial charge in [-0.25, -0.2) is 0 Å². The van der Waals surface area contributed by atoms with Crippen LogP contribution in [0.3, 0.4) is 0 Å². The van der Waals surface area contributed by atoms with Crippen molar-refractivity contribution in [3.63, 3.8) is 0 Å². The number of pyridine rings is 1. The minimum absolute atomic E-state index is 0.0678. The Balaban J connectivity index is 2.00. The van der Waals surface area contributed by atoms with Crippen LogP contribution in [0, 0.1) is 0 Å². The quantitative estimate of drug-likeness (QED) is 0.754. The molecule has 0 saturated heterocycles. The standard InChI is InChI=1S/C20H22N2O3S/c1-20(2,3)22(19(24)17-6-5-9-26-17)12-14-10-13-7-8-15(25-4)11-16(13)21-18(14)23/h5-11H,12H2,1-4H3,(H,21,23). The van der Waals surface area contributed by atoms with Gasteiger partial charge < -0.3 is 14.6 Å². The number of nitrogens with one attached hydrogen (secondary N) is 1. The van der Waals surface area contributed by atoms with E-state index in [4.69, 9.17) is 4.74 Å². The third-order valence-corrected chi connectivity index (χ3v) is 5.10. The van der Waals surface area contributed by atoms with E-state index < -0.39 is 5.54 Å². The Morgan fingerprint density at radius 2 is 2.00 bits per heavy atom. The van der Waals surface area contributed by atoms with E-state index in [1.54, 1.807) is 18.1 Å². The summed E-state index contributed by atoms with van der Waals surface area (Å²) in [4.78, 5) is 30.8. The molecule has 0 fully saturated rings. The second-order valence-electron chi connectivity index (χ2n) is 7.12. The zero-order valence-corrected chi connectivity index (χ0v) is 16.1. The maximum Gasteiger partial charge on any atom is 0.264 e. The molecule has 2 aromatic heterocycles. The van der Waals surface area contributed by atoms with Gasteiger partial charge in [-0.3, -0.25) is 9.59 Å². The third kappa shape index (κ3) is 3.65. The van der Waals surface area contributed by atoms with Crippen molar-refractivity contribution in [2.45, 2.75) is 32.9 Å². The molecule has 1 aromatic carbocycles. The predicted molar refractivity (Wildman–Crippen MR) is 105 cm³/mol. The summed E-state index contributed by atoms with van der Waals surface area (Å²) in [5, 5.41) is 2.78. The van der Waals surface area contributed by atoms with E-state index >= 15 is 0 Å². The molecule has 26 heavy (non-hydrogen) atoms. The van der Waals surface area contributed by atoms with Gasteiger partial charge in [-0.2, -0.15) is 0 Å². The first-order chi connectivity index (χ1) is 12.3. The first kappa shape index (κ1) is 18.2. The van der Waals surface area contributed by atoms with Gasteiger partial charge in [-0.1, -0.05) is 6.07 Å². The number of hydrogen-bond acceptors (Lipinski definition) is 4. The Morgan fingerprint density at radius 1 is 1.23 bits per heavy atom. The first-order valence-electron chi connectivity index (χ1n) is 8.35. The van der Waals surface area contributed by atoms with E-state index in [0.29, 0.717) is 21.7 Å². The highest BCUT2D eigenvalue weighted by molar-refractivity contribution is 7.12. The summed E-state index contributed by atoms with van der Waals surface area (Å²) in [7, 11) is 1.59. The second-order valence-corrected chi connectivity index (χ2v) is 8.06. The lowest BCUT2D eigenvalue weighted by Gasteiger charge is -2.35. The van der Waals surface area contributed by atoms with Crippen LogP contribution in [0.1, 0.15) is 36.0 Å². The van der Waals surface area contributed by atoms with Crippen LogP contribution in [0.5, 0.6) is 5.75 Å². The lowest BCUT2D eigenvalue weighted by atomic mass is 10.0. The van der Waals surface area contributed by atoms with E-state index in [-0.39, 0.29) is 18.0 Å². The second kappa shape index (κ2) is 6.96. The van der Waals surface area contributed by atoms with Crippen LogP contribution in [-0.2, 0) is 6.54 Å². The zero-order chi connectivity index (χ0) is 18.9. The number of fused-ring (bicyclic) bond motifs is 1. The number of nitrogens with zero attached hydrogens (tertiary/aromatic N) is 1. The van der Waals surface area contributed by atoms with E-state index in [1.165, 1.54) is 11.3 Å². The number of thiophene rings is 1. The molecule has 0 aliphatic rings. The molecule has 1 N–H and O–H groups in total. The van der Waals surface area contributed by atoms with E-state index in [9.17, 15) is 9.59 Å². The Labute approximate surface area is 156 Å². The smallest absolute Gasteiger partial charge is 0.264 e. The van der Waals surface area contributed by atoms with Gasteiger partial charge in [0.25, 0.3) is 11.5 Å². The molecule has 1 amide bonds. The Hall–Kier alpha value is -2.60. The zero-order valence-electron chi connectivity index (χ0n) is 15.3. The number of hydrogen-bond donors (Lipinski definition) is 1. The van der Waals surface area contributed by atoms with Crippen molar-refractivity contribution < 1.29 is 9.53 Å². The van der Waals surface area contributed by atoms with Crippen molar-refractivity contribution in [2.24, 2.45) is 0 Å². The summed E-state index contributed by atoms with van der Waals surface area (Å²) in [5.41, 5.74) is 0.661. The Kier molecular flexibility index (Phi) is 4.87. The molecule has 0 bridgehead atoms. The molecule has 0 spiro atoms. The molecule has 5 nitrogen and oxygen atoms in total. The molecule has 3 aromatic rings. The van der Waals surface area contributed by atoms with Gasteiger partial charge in [0.15, 0.2) is 0 Å². The lowest BCUT2D eigenvalue weighted by molar-refractivity contribution is 0.0563. The van der Waals surface area contributed by atoms with E-state index in [1.807, 2.05) is 56.5 Å². The van der Waals surface area contributed by atoms with Crippen molar-refractivity contribution in [1.29, 1.82) is 0 Å². The topological polar surface area (TPSA) is 62.4 Å². The molecular formula is C20H22N2O3S. The molecule has 0 atom stereocenters. The summed E-state index contributed by atoms with van der Waals surface area (Å²) in [6.07, 6.45) is 0. The fraction of sp³-hybridized carbons (Fsp3) is 0.300. The van der Waals surface area contributed by atoms with Crippen molar-refractivity contribution in [2.75, 3.05) is 7.11 Å². The molecule has 0 saturated carbocycles. The number of aromatic nitrogens is 1. The van der Waals surface area contributed by atoms with Crippen molar-refractivity contribution in [3.05, 3.63) is 62.6 Å². The number of rotatable bonds is 4. The van der Waals surface area contributed by atoms with Crippen LogP contribution in [-0.4, -0.2) is 28.4 Å². The minimum atomic E-state index is -0.414. The summed E-state index contributed by atoms with van der Waals surface area (Å²) in [5.74, 6) is 0.617. The van der Waals surface area contributed by atoms with Crippen LogP contribution in [0.25, 0.3) is 10.9 Å². The first-order valence-corrected chi connectivity index (χ1v) is 9.23. The summed E-state index contributed by atoms with van der Waals surface area (Å²) < 4.78 is 5.20. The highest BCUT2D eigenvalue weighted by Gasteiger charge is 2.28. The summed E-state index contributed by atoms with van der Waals surface area (Å²) in [6, 6.07) is 11.0. The average molecular weight is 370 g/mol. The number of carbonyl (C=O) groups excluding carboxylic acids is 1. The number of benzene rings is 1. The average Bonchev–Trinajstić information content (AvgIpc) is 3.12. The lowest BCUT2D eigenvalue weighted by Crippen LogP contribution is -2.45. The molecule has 0 radical (unpaired) electrons. The largest absolute Gasteiger partial charge is 0.497 e. The van der Waals surface area contributed by atoms with Crippen LogP contribution in [0.2, 0.25) is 0 Å². The third-order valence-electron chi connectivity index (χ3n) is 4.25. The van der Waals surface area contributed by atoms with Crippen molar-refractivity contribution in [3.8, 4) is 5.75 Å². The van der Waals surface area contributed by atoms with Crippen molar-refractivity contribution in [1.82, 2.24) is 9.88 Å². The number of carbonyl (C=O) groups is 1. The summed E-state index contributed by atoms with van der Waals surface area (Å²) >= 11 is 1.41. The molecule has 0 aliphatic heterocycles. The van der Waals surface area contributed by atoms with Gasteiger partial charge in [0, 0.05) is 17.2 Å². The highest BCUT2D eigenvalue weighted by Crippen LogP contribution is 2.24. The minimum Gasteiger partial charge on any atom is -0.497 e. The van der Waals surface area contributed by atoms with Gasteiger partial charge in [-0.05, 0) is 55.8 Å². The molecule has 0 aliphatic carbocycles. The molecule has 3 rings (SSSR count). The number of ether oxygens (including phenoxy) is 1. The fourth-order valence-corrected chi connectivity index (χ4v) is 3.46. The van der Waals surface area contributed by atoms with Gasteiger partial charge >= 0.3 is 0 Å². The van der Waals surface area contributed by atoms with E-state index in [2.05, 4.69) is 4.98 Å². The molecule has 0 unspecified atom stereocenters. The number of aromatic amines is 1.